The van der Waals surface area contributed by atoms with Crippen LogP contribution in [0.5, 0.6) is 0 Å². The van der Waals surface area contributed by atoms with Crippen LogP contribution in [0.1, 0.15) is 15.9 Å². The largest absolute Gasteiger partial charge is 0.416 e. The fourth-order valence-corrected chi connectivity index (χ4v) is 2.34. The predicted octanol–water partition coefficient (Wildman–Crippen LogP) is 4.86. The second-order valence-electron chi connectivity index (χ2n) is 4.91. The van der Waals surface area contributed by atoms with Gasteiger partial charge >= 0.3 is 6.18 Å². The molecule has 0 unspecified atom stereocenters. The Kier molecular flexibility index (Phi) is 4.11. The lowest BCUT2D eigenvalue weighted by Gasteiger charge is -2.13. The molecule has 0 bridgehead atoms. The molecule has 0 aliphatic rings. The van der Waals surface area contributed by atoms with Gasteiger partial charge in [-0.3, -0.25) is 9.78 Å². The van der Waals surface area contributed by atoms with E-state index < -0.39 is 11.7 Å². The van der Waals surface area contributed by atoms with Crippen LogP contribution < -0.4 is 5.32 Å². The second-order valence-corrected chi connectivity index (χ2v) is 5.30. The molecule has 0 aliphatic heterocycles. The smallest absolute Gasteiger partial charge is 0.353 e. The zero-order chi connectivity index (χ0) is 17.3. The second kappa shape index (κ2) is 6.09. The van der Waals surface area contributed by atoms with Gasteiger partial charge in [-0.15, -0.1) is 0 Å². The molecule has 122 valence electrons. The summed E-state index contributed by atoms with van der Waals surface area (Å²) in [5.74, 6) is 0. The Labute approximate surface area is 139 Å². The van der Waals surface area contributed by atoms with Gasteiger partial charge in [-0.2, -0.15) is 13.2 Å². The maximum Gasteiger partial charge on any atom is 0.416 e. The van der Waals surface area contributed by atoms with Crippen molar-refractivity contribution in [1.29, 1.82) is 0 Å². The van der Waals surface area contributed by atoms with Crippen LogP contribution in [0, 0.1) is 0 Å². The maximum absolute atomic E-state index is 12.8. The molecule has 1 aromatic carbocycles. The van der Waals surface area contributed by atoms with E-state index in [-0.39, 0.29) is 22.1 Å². The monoisotopic (exact) mass is 351 g/mol. The number of carbonyl (C=O) groups excluding carboxylic acids is 1. The molecular weight excluding hydrogens is 343 g/mol. The third-order valence-electron chi connectivity index (χ3n) is 3.29. The number of aromatic nitrogens is 2. The Morgan fingerprint density at radius 3 is 2.67 bits per heavy atom. The Balaban J connectivity index is 2.13. The number of nitrogens with zero attached hydrogens (tertiary/aromatic N) is 2. The van der Waals surface area contributed by atoms with Crippen LogP contribution in [0.15, 0.2) is 42.6 Å². The molecule has 24 heavy (non-hydrogen) atoms. The molecule has 2 heterocycles. The number of pyridine rings is 2. The topological polar surface area (TPSA) is 54.9 Å². The summed E-state index contributed by atoms with van der Waals surface area (Å²) in [5.41, 5.74) is 0.530. The van der Waals surface area contributed by atoms with Crippen molar-refractivity contribution in [2.75, 3.05) is 5.32 Å². The molecule has 1 N–H and O–H groups in total. The average Bonchev–Trinajstić information content (AvgIpc) is 2.55. The highest BCUT2D eigenvalue weighted by molar-refractivity contribution is 6.29. The molecule has 0 saturated carbocycles. The van der Waals surface area contributed by atoms with Gasteiger partial charge in [0.25, 0.3) is 0 Å². The molecule has 2 aromatic heterocycles. The van der Waals surface area contributed by atoms with E-state index >= 15 is 0 Å². The molecule has 3 rings (SSSR count). The number of hydrogen-bond donors (Lipinski definition) is 1. The normalized spacial score (nSPS) is 11.5. The van der Waals surface area contributed by atoms with Crippen molar-refractivity contribution in [3.05, 3.63) is 58.9 Å². The Morgan fingerprint density at radius 1 is 1.17 bits per heavy atom. The number of halogens is 4. The first-order valence-electron chi connectivity index (χ1n) is 6.73. The first-order valence-corrected chi connectivity index (χ1v) is 7.11. The van der Waals surface area contributed by atoms with Gasteiger partial charge in [0, 0.05) is 11.9 Å². The van der Waals surface area contributed by atoms with E-state index in [2.05, 4.69) is 15.3 Å². The van der Waals surface area contributed by atoms with Crippen molar-refractivity contribution in [3.63, 3.8) is 0 Å². The average molecular weight is 352 g/mol. The molecule has 3 aromatic rings. The molecule has 0 saturated heterocycles. The molecule has 0 fully saturated rings. The molecule has 0 radical (unpaired) electrons. The highest BCUT2D eigenvalue weighted by atomic mass is 35.5. The van der Waals surface area contributed by atoms with E-state index in [4.69, 9.17) is 11.6 Å². The van der Waals surface area contributed by atoms with E-state index in [0.29, 0.717) is 17.3 Å². The van der Waals surface area contributed by atoms with Gasteiger partial charge < -0.3 is 5.32 Å². The number of carbonyl (C=O) groups is 1. The summed E-state index contributed by atoms with van der Waals surface area (Å²) >= 11 is 5.87. The first kappa shape index (κ1) is 16.2. The summed E-state index contributed by atoms with van der Waals surface area (Å²) in [6, 6.07) is 7.79. The van der Waals surface area contributed by atoms with Crippen molar-refractivity contribution in [1.82, 2.24) is 9.97 Å². The summed E-state index contributed by atoms with van der Waals surface area (Å²) < 4.78 is 38.5. The fourth-order valence-electron chi connectivity index (χ4n) is 2.19. The van der Waals surface area contributed by atoms with Crippen LogP contribution in [0.4, 0.5) is 24.5 Å². The van der Waals surface area contributed by atoms with Gasteiger partial charge in [-0.1, -0.05) is 17.7 Å². The van der Waals surface area contributed by atoms with Crippen molar-refractivity contribution in [3.8, 4) is 0 Å². The Hall–Kier alpha value is -2.67. The molecule has 0 spiro atoms. The fraction of sp³-hybridized carbons (Fsp3) is 0.0625. The van der Waals surface area contributed by atoms with Crippen molar-refractivity contribution in [2.45, 2.75) is 6.18 Å². The minimum atomic E-state index is -4.47. The highest BCUT2D eigenvalue weighted by Gasteiger charge is 2.30. The maximum atomic E-state index is 12.8. The van der Waals surface area contributed by atoms with Gasteiger partial charge in [-0.25, -0.2) is 4.98 Å². The van der Waals surface area contributed by atoms with Crippen molar-refractivity contribution < 1.29 is 18.0 Å². The van der Waals surface area contributed by atoms with Gasteiger partial charge in [0.05, 0.1) is 22.3 Å². The van der Waals surface area contributed by atoms with Gasteiger partial charge in [0.2, 0.25) is 0 Å². The molecule has 0 amide bonds. The molecular formula is C16H9ClF3N3O. The molecule has 8 heteroatoms. The quantitative estimate of drug-likeness (QED) is 0.541. The standard InChI is InChI=1S/C16H9ClF3N3O/c17-13-5-4-12-15(23-13)14(9(8-24)7-21-12)22-11-3-1-2-10(6-11)16(18,19)20/h1-8H,(H,21,22). The summed E-state index contributed by atoms with van der Waals surface area (Å²) in [5, 5.41) is 2.99. The lowest BCUT2D eigenvalue weighted by atomic mass is 10.1. The lowest BCUT2D eigenvalue weighted by molar-refractivity contribution is -0.137. The van der Waals surface area contributed by atoms with Crippen molar-refractivity contribution in [2.24, 2.45) is 0 Å². The van der Waals surface area contributed by atoms with Crippen LogP contribution >= 0.6 is 11.6 Å². The number of aldehydes is 1. The number of anilines is 2. The summed E-state index contributed by atoms with van der Waals surface area (Å²) in [7, 11) is 0. The molecule has 0 atom stereocenters. The van der Waals surface area contributed by atoms with Crippen LogP contribution in [0.3, 0.4) is 0 Å². The van der Waals surface area contributed by atoms with E-state index in [0.717, 1.165) is 12.1 Å². The van der Waals surface area contributed by atoms with Crippen molar-refractivity contribution >= 4 is 40.3 Å². The van der Waals surface area contributed by atoms with E-state index in [1.165, 1.54) is 24.4 Å². The molecule has 4 nitrogen and oxygen atoms in total. The number of hydrogen-bond acceptors (Lipinski definition) is 4. The Morgan fingerprint density at radius 2 is 1.96 bits per heavy atom. The lowest BCUT2D eigenvalue weighted by Crippen LogP contribution is -2.06. The van der Waals surface area contributed by atoms with Crippen LogP contribution in [-0.2, 0) is 6.18 Å². The van der Waals surface area contributed by atoms with Gasteiger partial charge in [0.15, 0.2) is 6.29 Å². The third-order valence-corrected chi connectivity index (χ3v) is 3.50. The summed E-state index contributed by atoms with van der Waals surface area (Å²) in [4.78, 5) is 19.4. The molecule has 0 aliphatic carbocycles. The number of fused-ring (bicyclic) bond motifs is 1. The van der Waals surface area contributed by atoms with Gasteiger partial charge in [0.1, 0.15) is 10.7 Å². The van der Waals surface area contributed by atoms with E-state index in [1.807, 2.05) is 0 Å². The first-order chi connectivity index (χ1) is 11.4. The summed E-state index contributed by atoms with van der Waals surface area (Å²) in [6.07, 6.45) is -2.60. The van der Waals surface area contributed by atoms with E-state index in [1.54, 1.807) is 6.07 Å². The minimum Gasteiger partial charge on any atom is -0.353 e. The number of rotatable bonds is 3. The SMILES string of the molecule is O=Cc1cnc2ccc(Cl)nc2c1Nc1cccc(C(F)(F)F)c1. The highest BCUT2D eigenvalue weighted by Crippen LogP contribution is 2.33. The third kappa shape index (κ3) is 3.16. The Bertz CT molecular complexity index is 928. The zero-order valence-corrected chi connectivity index (χ0v) is 12.7. The predicted molar refractivity (Wildman–Crippen MR) is 84.7 cm³/mol. The number of benzene rings is 1. The van der Waals surface area contributed by atoms with Gasteiger partial charge in [-0.05, 0) is 30.3 Å². The number of alkyl halides is 3. The zero-order valence-electron chi connectivity index (χ0n) is 11.9. The van der Waals surface area contributed by atoms with Crippen LogP contribution in [-0.4, -0.2) is 16.3 Å². The van der Waals surface area contributed by atoms with E-state index in [9.17, 15) is 18.0 Å². The van der Waals surface area contributed by atoms with Crippen LogP contribution in [0.2, 0.25) is 5.15 Å². The summed E-state index contributed by atoms with van der Waals surface area (Å²) in [6.45, 7) is 0. The number of nitrogens with one attached hydrogen (secondary N) is 1. The van der Waals surface area contributed by atoms with Crippen LogP contribution in [0.25, 0.3) is 11.0 Å². The minimum absolute atomic E-state index is 0.162.